The van der Waals surface area contributed by atoms with Crippen molar-refractivity contribution in [2.45, 2.75) is 25.8 Å². The lowest BCUT2D eigenvalue weighted by Crippen LogP contribution is -2.27. The van der Waals surface area contributed by atoms with E-state index in [1.807, 2.05) is 36.4 Å². The SMILES string of the molecule is COC(=O)c1cccc(-c2cc(Nc3cccc(N4CCCC4C)n3)c3nccn3n2)c1. The van der Waals surface area contributed by atoms with Crippen molar-refractivity contribution in [2.75, 3.05) is 23.9 Å². The first-order valence-corrected chi connectivity index (χ1v) is 10.7. The molecule has 0 amide bonds. The molecule has 1 aliphatic heterocycles. The minimum atomic E-state index is -0.383. The highest BCUT2D eigenvalue weighted by Gasteiger charge is 2.21. The van der Waals surface area contributed by atoms with Crippen LogP contribution >= 0.6 is 0 Å². The molecule has 0 bridgehead atoms. The first kappa shape index (κ1) is 20.0. The third-order valence-corrected chi connectivity index (χ3v) is 5.78. The van der Waals surface area contributed by atoms with E-state index < -0.39 is 0 Å². The highest BCUT2D eigenvalue weighted by Crippen LogP contribution is 2.28. The van der Waals surface area contributed by atoms with Crippen molar-refractivity contribution in [1.82, 2.24) is 19.6 Å². The second-order valence-corrected chi connectivity index (χ2v) is 7.90. The zero-order valence-corrected chi connectivity index (χ0v) is 18.0. The summed E-state index contributed by atoms with van der Waals surface area (Å²) in [5.41, 5.74) is 3.45. The van der Waals surface area contributed by atoms with Gasteiger partial charge in [-0.1, -0.05) is 18.2 Å². The Hall–Kier alpha value is -3.94. The molecular formula is C24H24N6O2. The van der Waals surface area contributed by atoms with Crippen LogP contribution in [0.2, 0.25) is 0 Å². The molecule has 4 heterocycles. The van der Waals surface area contributed by atoms with E-state index in [2.05, 4.69) is 27.2 Å². The zero-order valence-electron chi connectivity index (χ0n) is 18.0. The molecule has 162 valence electrons. The molecule has 1 fully saturated rings. The summed E-state index contributed by atoms with van der Waals surface area (Å²) in [7, 11) is 1.37. The Morgan fingerprint density at radius 2 is 2.06 bits per heavy atom. The Morgan fingerprint density at radius 1 is 1.19 bits per heavy atom. The number of nitrogens with zero attached hydrogens (tertiary/aromatic N) is 5. The molecule has 1 aliphatic rings. The zero-order chi connectivity index (χ0) is 22.1. The maximum absolute atomic E-state index is 12.0. The number of imidazole rings is 1. The number of anilines is 3. The largest absolute Gasteiger partial charge is 0.465 e. The Labute approximate surface area is 185 Å². The quantitative estimate of drug-likeness (QED) is 0.474. The molecule has 0 radical (unpaired) electrons. The predicted molar refractivity (Wildman–Crippen MR) is 123 cm³/mol. The number of aromatic nitrogens is 4. The third-order valence-electron chi connectivity index (χ3n) is 5.78. The summed E-state index contributed by atoms with van der Waals surface area (Å²) in [6.07, 6.45) is 5.88. The smallest absolute Gasteiger partial charge is 0.337 e. The van der Waals surface area contributed by atoms with Gasteiger partial charge in [-0.25, -0.2) is 19.3 Å². The average molecular weight is 428 g/mol. The van der Waals surface area contributed by atoms with Crippen LogP contribution in [0, 0.1) is 0 Å². The first-order chi connectivity index (χ1) is 15.6. The molecule has 0 aliphatic carbocycles. The second-order valence-electron chi connectivity index (χ2n) is 7.90. The summed E-state index contributed by atoms with van der Waals surface area (Å²) in [4.78, 5) is 23.6. The van der Waals surface area contributed by atoms with Gasteiger partial charge in [0.1, 0.15) is 11.6 Å². The number of ether oxygens (including phenoxy) is 1. The van der Waals surface area contributed by atoms with Gasteiger partial charge in [0.25, 0.3) is 0 Å². The number of nitrogens with one attached hydrogen (secondary N) is 1. The third kappa shape index (κ3) is 3.75. The van der Waals surface area contributed by atoms with Crippen molar-refractivity contribution in [2.24, 2.45) is 0 Å². The van der Waals surface area contributed by atoms with Gasteiger partial charge in [-0.05, 0) is 50.1 Å². The fraction of sp³-hybridized carbons (Fsp3) is 0.250. The van der Waals surface area contributed by atoms with Crippen LogP contribution in [0.15, 0.2) is 60.9 Å². The van der Waals surface area contributed by atoms with E-state index in [4.69, 9.17) is 9.72 Å². The normalized spacial score (nSPS) is 15.8. The van der Waals surface area contributed by atoms with Crippen LogP contribution < -0.4 is 10.2 Å². The maximum atomic E-state index is 12.0. The number of pyridine rings is 1. The van der Waals surface area contributed by atoms with Crippen LogP contribution in [0.3, 0.4) is 0 Å². The molecule has 1 saturated heterocycles. The molecule has 5 rings (SSSR count). The summed E-state index contributed by atoms with van der Waals surface area (Å²) in [6, 6.07) is 15.6. The van der Waals surface area contributed by atoms with Gasteiger partial charge in [0.15, 0.2) is 5.65 Å². The lowest BCUT2D eigenvalue weighted by atomic mass is 10.1. The topological polar surface area (TPSA) is 84.6 Å². The van der Waals surface area contributed by atoms with Gasteiger partial charge in [0.05, 0.1) is 24.1 Å². The Kier molecular flexibility index (Phi) is 5.18. The van der Waals surface area contributed by atoms with E-state index >= 15 is 0 Å². The van der Waals surface area contributed by atoms with Crippen molar-refractivity contribution in [3.63, 3.8) is 0 Å². The van der Waals surface area contributed by atoms with Crippen LogP contribution in [-0.2, 0) is 4.74 Å². The van der Waals surface area contributed by atoms with Crippen LogP contribution in [-0.4, -0.2) is 45.2 Å². The minimum absolute atomic E-state index is 0.383. The van der Waals surface area contributed by atoms with Gasteiger partial charge >= 0.3 is 5.97 Å². The highest BCUT2D eigenvalue weighted by molar-refractivity contribution is 5.91. The summed E-state index contributed by atoms with van der Waals surface area (Å²) >= 11 is 0. The van der Waals surface area contributed by atoms with E-state index in [1.54, 1.807) is 29.0 Å². The molecule has 1 aromatic carbocycles. The Bertz CT molecular complexity index is 1280. The molecule has 1 N–H and O–H groups in total. The molecule has 0 saturated carbocycles. The fourth-order valence-electron chi connectivity index (χ4n) is 4.14. The lowest BCUT2D eigenvalue weighted by molar-refractivity contribution is 0.0601. The van der Waals surface area contributed by atoms with Crippen molar-refractivity contribution in [3.8, 4) is 11.3 Å². The molecule has 3 aromatic heterocycles. The number of carbonyl (C=O) groups is 1. The molecule has 0 spiro atoms. The van der Waals surface area contributed by atoms with E-state index in [0.717, 1.165) is 29.4 Å². The van der Waals surface area contributed by atoms with E-state index in [9.17, 15) is 4.79 Å². The Balaban J connectivity index is 1.52. The summed E-state index contributed by atoms with van der Waals surface area (Å²) < 4.78 is 6.57. The number of esters is 1. The number of carbonyl (C=O) groups excluding carboxylic acids is 1. The number of fused-ring (bicyclic) bond motifs is 1. The number of benzene rings is 1. The van der Waals surface area contributed by atoms with Crippen LogP contribution in [0.5, 0.6) is 0 Å². The van der Waals surface area contributed by atoms with E-state index in [1.165, 1.54) is 20.0 Å². The minimum Gasteiger partial charge on any atom is -0.465 e. The van der Waals surface area contributed by atoms with Crippen LogP contribution in [0.1, 0.15) is 30.1 Å². The molecule has 1 atom stereocenters. The molecule has 1 unspecified atom stereocenters. The van der Waals surface area contributed by atoms with Crippen LogP contribution in [0.4, 0.5) is 17.3 Å². The molecular weight excluding hydrogens is 404 g/mol. The number of hydrogen-bond acceptors (Lipinski definition) is 7. The molecule has 32 heavy (non-hydrogen) atoms. The molecule has 4 aromatic rings. The van der Waals surface area contributed by atoms with E-state index in [-0.39, 0.29) is 5.97 Å². The summed E-state index contributed by atoms with van der Waals surface area (Å²) in [5.74, 6) is 1.33. The van der Waals surface area contributed by atoms with Gasteiger partial charge in [-0.2, -0.15) is 5.10 Å². The molecule has 8 nitrogen and oxygen atoms in total. The van der Waals surface area contributed by atoms with Gasteiger partial charge < -0.3 is 15.0 Å². The standard InChI is InChI=1S/C24H24N6O2/c1-16-6-5-12-29(16)22-10-4-9-21(27-22)26-20-15-19(28-30-13-11-25-23(20)30)17-7-3-8-18(14-17)24(31)32-2/h3-4,7-11,13-16H,5-6,12H2,1-2H3,(H,26,27). The lowest BCUT2D eigenvalue weighted by Gasteiger charge is -2.23. The summed E-state index contributed by atoms with van der Waals surface area (Å²) in [6.45, 7) is 3.26. The van der Waals surface area contributed by atoms with Gasteiger partial charge in [0, 0.05) is 30.5 Å². The summed E-state index contributed by atoms with van der Waals surface area (Å²) in [5, 5.41) is 8.08. The van der Waals surface area contributed by atoms with Crippen molar-refractivity contribution in [1.29, 1.82) is 0 Å². The van der Waals surface area contributed by atoms with Gasteiger partial charge in [0.2, 0.25) is 0 Å². The van der Waals surface area contributed by atoms with Gasteiger partial charge in [-0.3, -0.25) is 0 Å². The monoisotopic (exact) mass is 428 g/mol. The Morgan fingerprint density at radius 3 is 2.88 bits per heavy atom. The maximum Gasteiger partial charge on any atom is 0.337 e. The van der Waals surface area contributed by atoms with Crippen molar-refractivity contribution < 1.29 is 9.53 Å². The number of methoxy groups -OCH3 is 1. The number of hydrogen-bond donors (Lipinski definition) is 1. The highest BCUT2D eigenvalue weighted by atomic mass is 16.5. The van der Waals surface area contributed by atoms with Gasteiger partial charge in [-0.15, -0.1) is 0 Å². The fourth-order valence-corrected chi connectivity index (χ4v) is 4.14. The molecule has 8 heteroatoms. The second kappa shape index (κ2) is 8.30. The van der Waals surface area contributed by atoms with Crippen molar-refractivity contribution >= 4 is 28.9 Å². The van der Waals surface area contributed by atoms with E-state index in [0.29, 0.717) is 22.9 Å². The van der Waals surface area contributed by atoms with Crippen LogP contribution in [0.25, 0.3) is 16.9 Å². The van der Waals surface area contributed by atoms with Crippen molar-refractivity contribution in [3.05, 3.63) is 66.5 Å². The average Bonchev–Trinajstić information content (AvgIpc) is 3.47. The first-order valence-electron chi connectivity index (χ1n) is 10.7. The predicted octanol–water partition coefficient (Wildman–Crippen LogP) is 4.31. The number of rotatable bonds is 5.